The van der Waals surface area contributed by atoms with Crippen LogP contribution in [0.25, 0.3) is 11.1 Å². The van der Waals surface area contributed by atoms with E-state index >= 15 is 0 Å². The van der Waals surface area contributed by atoms with Crippen LogP contribution in [-0.4, -0.2) is 18.5 Å². The number of likely N-dealkylation sites (N-methyl/N-ethyl adjacent to an activating group) is 1. The molecule has 0 radical (unpaired) electrons. The molecule has 3 aromatic carbocycles. The molecule has 166 valence electrons. The summed E-state index contributed by atoms with van der Waals surface area (Å²) in [6.45, 7) is 7.98. The van der Waals surface area contributed by atoms with E-state index in [-0.39, 0.29) is 18.3 Å². The molecule has 4 nitrogen and oxygen atoms in total. The third kappa shape index (κ3) is 3.83. The van der Waals surface area contributed by atoms with Gasteiger partial charge in [-0.25, -0.2) is 4.39 Å². The van der Waals surface area contributed by atoms with Gasteiger partial charge >= 0.3 is 0 Å². The number of rotatable bonds is 5. The molecule has 0 aromatic heterocycles. The number of hydrogen-bond acceptors (Lipinski definition) is 3. The van der Waals surface area contributed by atoms with Crippen molar-refractivity contribution in [1.82, 2.24) is 0 Å². The highest BCUT2D eigenvalue weighted by molar-refractivity contribution is 6.08. The molecule has 1 amide bonds. The summed E-state index contributed by atoms with van der Waals surface area (Å²) < 4.78 is 20.0. The van der Waals surface area contributed by atoms with Crippen molar-refractivity contribution >= 4 is 17.3 Å². The van der Waals surface area contributed by atoms with Crippen molar-refractivity contribution in [2.45, 2.75) is 46.3 Å². The molecule has 0 fully saturated rings. The van der Waals surface area contributed by atoms with Gasteiger partial charge in [-0.15, -0.1) is 0 Å². The van der Waals surface area contributed by atoms with Crippen LogP contribution in [0.4, 0.5) is 15.8 Å². The summed E-state index contributed by atoms with van der Waals surface area (Å²) in [5.41, 5.74) is 6.06. The summed E-state index contributed by atoms with van der Waals surface area (Å²) in [6, 6.07) is 16.9. The van der Waals surface area contributed by atoms with Crippen molar-refractivity contribution in [2.24, 2.45) is 0 Å². The number of fused-ring (bicyclic) bond motifs is 1. The molecule has 0 saturated heterocycles. The van der Waals surface area contributed by atoms with Gasteiger partial charge in [0.1, 0.15) is 23.7 Å². The van der Waals surface area contributed by atoms with Crippen LogP contribution in [0.5, 0.6) is 5.75 Å². The number of amides is 1. The molecule has 0 saturated carbocycles. The van der Waals surface area contributed by atoms with Gasteiger partial charge in [0, 0.05) is 18.7 Å². The van der Waals surface area contributed by atoms with Gasteiger partial charge in [-0.2, -0.15) is 0 Å². The first-order valence-electron chi connectivity index (χ1n) is 10.9. The minimum absolute atomic E-state index is 0.0193. The smallest absolute Gasteiger partial charge is 0.251 e. The Kier molecular flexibility index (Phi) is 5.68. The Morgan fingerprint density at radius 2 is 1.81 bits per heavy atom. The second kappa shape index (κ2) is 8.30. The van der Waals surface area contributed by atoms with Crippen LogP contribution >= 0.6 is 0 Å². The van der Waals surface area contributed by atoms with Crippen LogP contribution < -0.4 is 15.0 Å². The SMILES string of the molecule is CCc1ccccc1-c1ccc2c(c1COc1cc(F)ccc1C)N(C)C(=O)C(C)(C)N2. The number of anilines is 2. The summed E-state index contributed by atoms with van der Waals surface area (Å²) in [4.78, 5) is 14.8. The van der Waals surface area contributed by atoms with E-state index in [0.29, 0.717) is 5.75 Å². The molecule has 0 bridgehead atoms. The molecule has 5 heteroatoms. The lowest BCUT2D eigenvalue weighted by molar-refractivity contribution is -0.121. The largest absolute Gasteiger partial charge is 0.488 e. The lowest BCUT2D eigenvalue weighted by atomic mass is 9.90. The number of halogens is 1. The lowest BCUT2D eigenvalue weighted by Gasteiger charge is -2.39. The number of aryl methyl sites for hydroxylation is 2. The van der Waals surface area contributed by atoms with Crippen LogP contribution in [-0.2, 0) is 17.8 Å². The number of nitrogens with one attached hydrogen (secondary N) is 1. The maximum atomic E-state index is 13.8. The fraction of sp³-hybridized carbons (Fsp3) is 0.296. The van der Waals surface area contributed by atoms with Crippen LogP contribution in [0.15, 0.2) is 54.6 Å². The highest BCUT2D eigenvalue weighted by Crippen LogP contribution is 2.43. The summed E-state index contributed by atoms with van der Waals surface area (Å²) in [5.74, 6) is 0.137. The zero-order valence-corrected chi connectivity index (χ0v) is 19.3. The van der Waals surface area contributed by atoms with Gasteiger partial charge in [0.15, 0.2) is 0 Å². The Morgan fingerprint density at radius 3 is 2.56 bits per heavy atom. The molecule has 1 N–H and O–H groups in total. The number of carbonyl (C=O) groups excluding carboxylic acids is 1. The van der Waals surface area contributed by atoms with Gasteiger partial charge < -0.3 is 15.0 Å². The van der Waals surface area contributed by atoms with E-state index in [0.717, 1.165) is 40.0 Å². The van der Waals surface area contributed by atoms with E-state index in [2.05, 4.69) is 30.4 Å². The minimum atomic E-state index is -0.706. The first kappa shape index (κ1) is 21.9. The van der Waals surface area contributed by atoms with Crippen LogP contribution in [0, 0.1) is 12.7 Å². The topological polar surface area (TPSA) is 41.6 Å². The fourth-order valence-electron chi connectivity index (χ4n) is 4.40. The summed E-state index contributed by atoms with van der Waals surface area (Å²) in [6.07, 6.45) is 0.886. The molecule has 0 aliphatic carbocycles. The van der Waals surface area contributed by atoms with Crippen molar-refractivity contribution < 1.29 is 13.9 Å². The van der Waals surface area contributed by atoms with Crippen LogP contribution in [0.1, 0.15) is 37.5 Å². The van der Waals surface area contributed by atoms with Gasteiger partial charge in [-0.05, 0) is 61.6 Å². The van der Waals surface area contributed by atoms with E-state index in [1.807, 2.05) is 39.0 Å². The first-order valence-corrected chi connectivity index (χ1v) is 10.9. The van der Waals surface area contributed by atoms with Crippen molar-refractivity contribution in [1.29, 1.82) is 0 Å². The van der Waals surface area contributed by atoms with E-state index in [4.69, 9.17) is 4.74 Å². The highest BCUT2D eigenvalue weighted by atomic mass is 19.1. The van der Waals surface area contributed by atoms with E-state index < -0.39 is 5.54 Å². The Labute approximate surface area is 189 Å². The molecular weight excluding hydrogens is 403 g/mol. The maximum absolute atomic E-state index is 13.8. The zero-order valence-electron chi connectivity index (χ0n) is 19.3. The van der Waals surface area contributed by atoms with Gasteiger partial charge in [0.05, 0.1) is 11.4 Å². The van der Waals surface area contributed by atoms with Crippen molar-refractivity contribution in [2.75, 3.05) is 17.3 Å². The zero-order chi connectivity index (χ0) is 23.0. The van der Waals surface area contributed by atoms with Crippen molar-refractivity contribution in [3.05, 3.63) is 77.1 Å². The van der Waals surface area contributed by atoms with Gasteiger partial charge in [0.25, 0.3) is 5.91 Å². The molecule has 0 atom stereocenters. The summed E-state index contributed by atoms with van der Waals surface area (Å²) in [7, 11) is 1.80. The molecule has 1 aliphatic heterocycles. The molecule has 3 aromatic rings. The standard InChI is InChI=1S/C27H29FN2O2/c1-6-18-9-7-8-10-20(18)21-13-14-23-25(30(5)26(31)27(3,4)29-23)22(21)16-32-24-15-19(28)12-11-17(24)2/h7-15,29H,6,16H2,1-5H3. The summed E-state index contributed by atoms with van der Waals surface area (Å²) >= 11 is 0. The van der Waals surface area contributed by atoms with E-state index in [9.17, 15) is 9.18 Å². The number of benzene rings is 3. The lowest BCUT2D eigenvalue weighted by Crippen LogP contribution is -2.52. The number of hydrogen-bond donors (Lipinski definition) is 1. The van der Waals surface area contributed by atoms with Gasteiger partial charge in [-0.1, -0.05) is 43.3 Å². The van der Waals surface area contributed by atoms with Crippen molar-refractivity contribution in [3.8, 4) is 16.9 Å². The average Bonchev–Trinajstić information content (AvgIpc) is 2.77. The maximum Gasteiger partial charge on any atom is 0.251 e. The number of nitrogens with zero attached hydrogens (tertiary/aromatic N) is 1. The van der Waals surface area contributed by atoms with E-state index in [1.54, 1.807) is 18.0 Å². The minimum Gasteiger partial charge on any atom is -0.488 e. The monoisotopic (exact) mass is 432 g/mol. The molecular formula is C27H29FN2O2. The molecule has 0 spiro atoms. The molecule has 0 unspecified atom stereocenters. The third-order valence-electron chi connectivity index (χ3n) is 6.12. The van der Waals surface area contributed by atoms with E-state index in [1.165, 1.54) is 17.7 Å². The van der Waals surface area contributed by atoms with Crippen LogP contribution in [0.3, 0.4) is 0 Å². The molecule has 1 aliphatic rings. The second-order valence-corrected chi connectivity index (χ2v) is 8.81. The van der Waals surface area contributed by atoms with Crippen LogP contribution in [0.2, 0.25) is 0 Å². The Hall–Kier alpha value is -3.34. The average molecular weight is 433 g/mol. The fourth-order valence-corrected chi connectivity index (χ4v) is 4.40. The van der Waals surface area contributed by atoms with Gasteiger partial charge in [-0.3, -0.25) is 4.79 Å². The quantitative estimate of drug-likeness (QED) is 0.529. The normalized spacial score (nSPS) is 14.7. The summed E-state index contributed by atoms with van der Waals surface area (Å²) in [5, 5.41) is 3.38. The molecule has 1 heterocycles. The highest BCUT2D eigenvalue weighted by Gasteiger charge is 2.38. The second-order valence-electron chi connectivity index (χ2n) is 8.81. The first-order chi connectivity index (χ1) is 15.2. The predicted octanol–water partition coefficient (Wildman–Crippen LogP) is 6.11. The molecule has 4 rings (SSSR count). The Balaban J connectivity index is 1.88. The number of ether oxygens (including phenoxy) is 1. The van der Waals surface area contributed by atoms with Gasteiger partial charge in [0.2, 0.25) is 0 Å². The van der Waals surface area contributed by atoms with Crippen molar-refractivity contribution in [3.63, 3.8) is 0 Å². The Bertz CT molecular complexity index is 1190. The molecule has 32 heavy (non-hydrogen) atoms. The predicted molar refractivity (Wildman–Crippen MR) is 128 cm³/mol. The number of carbonyl (C=O) groups is 1. The third-order valence-corrected chi connectivity index (χ3v) is 6.12. The Morgan fingerprint density at radius 1 is 1.06 bits per heavy atom.